The van der Waals surface area contributed by atoms with Crippen molar-refractivity contribution in [2.45, 2.75) is 12.4 Å². The Hall–Kier alpha value is -4.85. The Morgan fingerprint density at radius 2 is 1.19 bits per heavy atom. The number of aromatic nitrogens is 2. The fraction of sp³-hybridized carbons (Fsp3) is 0.103. The van der Waals surface area contributed by atoms with Gasteiger partial charge in [0.25, 0.3) is 0 Å². The number of rotatable bonds is 3. The first-order valence-electron chi connectivity index (χ1n) is 12.1. The standard InChI is InChI=1S/C14H8F3NO.C8H7F3O3S.C7H5NO/c15-14(16,17)10-7-5-9(6-8-10)13-18-11-3-1-2-4-12(11)19-13;1-15(12,13)14-7-4-2-6(3-5-7)8(9,10)11;1-2-4-7-6(3-1)8-5-9-7/h1-8H;2-5H,1H3;1-5H. The molecule has 0 saturated heterocycles. The third kappa shape index (κ3) is 8.82. The van der Waals surface area contributed by atoms with Crippen LogP contribution in [0, 0.1) is 0 Å². The number of benzene rings is 4. The van der Waals surface area contributed by atoms with Crippen LogP contribution in [0.4, 0.5) is 26.3 Å². The summed E-state index contributed by atoms with van der Waals surface area (Å²) in [7, 11) is -3.71. The lowest BCUT2D eigenvalue weighted by molar-refractivity contribution is -0.138. The van der Waals surface area contributed by atoms with E-state index in [1.807, 2.05) is 36.4 Å². The molecule has 0 fully saturated rings. The van der Waals surface area contributed by atoms with Crippen molar-refractivity contribution >= 4 is 32.3 Å². The molecule has 0 spiro atoms. The second-order valence-corrected chi connectivity index (χ2v) is 10.3. The smallest absolute Gasteiger partial charge is 0.416 e. The van der Waals surface area contributed by atoms with Crippen molar-refractivity contribution in [1.82, 2.24) is 9.97 Å². The molecule has 0 atom stereocenters. The van der Waals surface area contributed by atoms with Crippen LogP contribution in [0.5, 0.6) is 5.75 Å². The Morgan fingerprint density at radius 1 is 0.674 bits per heavy atom. The monoisotopic (exact) mass is 622 g/mol. The van der Waals surface area contributed by atoms with Crippen LogP contribution in [0.25, 0.3) is 33.7 Å². The summed E-state index contributed by atoms with van der Waals surface area (Å²) in [5, 5.41) is 0. The molecule has 2 heterocycles. The van der Waals surface area contributed by atoms with Crippen LogP contribution in [-0.2, 0) is 22.5 Å². The number of alkyl halides is 6. The average molecular weight is 623 g/mol. The van der Waals surface area contributed by atoms with Crippen molar-refractivity contribution in [2.24, 2.45) is 0 Å². The molecule has 0 amide bonds. The highest BCUT2D eigenvalue weighted by molar-refractivity contribution is 7.86. The van der Waals surface area contributed by atoms with E-state index in [9.17, 15) is 34.8 Å². The van der Waals surface area contributed by atoms with Gasteiger partial charge in [0.15, 0.2) is 17.6 Å². The lowest BCUT2D eigenvalue weighted by Crippen LogP contribution is -2.07. The first-order chi connectivity index (χ1) is 20.2. The van der Waals surface area contributed by atoms with Gasteiger partial charge in [0.05, 0.1) is 17.4 Å². The van der Waals surface area contributed by atoms with Gasteiger partial charge in [0.1, 0.15) is 16.8 Å². The molecule has 6 aromatic rings. The van der Waals surface area contributed by atoms with Crippen LogP contribution in [-0.4, -0.2) is 24.6 Å². The number of hydrogen-bond acceptors (Lipinski definition) is 7. The van der Waals surface area contributed by atoms with Crippen LogP contribution in [0.1, 0.15) is 11.1 Å². The van der Waals surface area contributed by atoms with E-state index in [2.05, 4.69) is 14.2 Å². The van der Waals surface area contributed by atoms with Gasteiger partial charge < -0.3 is 13.0 Å². The normalized spacial score (nSPS) is 11.8. The lowest BCUT2D eigenvalue weighted by Gasteiger charge is -2.07. The Balaban J connectivity index is 0.000000157. The van der Waals surface area contributed by atoms with E-state index < -0.39 is 33.6 Å². The van der Waals surface area contributed by atoms with Crippen molar-refractivity contribution < 1.29 is 47.8 Å². The zero-order chi connectivity index (χ0) is 31.3. The first-order valence-corrected chi connectivity index (χ1v) is 13.9. The van der Waals surface area contributed by atoms with E-state index in [0.29, 0.717) is 22.6 Å². The summed E-state index contributed by atoms with van der Waals surface area (Å²) in [6.45, 7) is 0. The van der Waals surface area contributed by atoms with E-state index in [4.69, 9.17) is 8.83 Å². The van der Waals surface area contributed by atoms with Gasteiger partial charge in [0, 0.05) is 5.56 Å². The second-order valence-electron chi connectivity index (χ2n) is 8.69. The summed E-state index contributed by atoms with van der Waals surface area (Å²) in [5.41, 5.74) is 2.02. The van der Waals surface area contributed by atoms with Gasteiger partial charge in [-0.05, 0) is 72.8 Å². The van der Waals surface area contributed by atoms with E-state index in [-0.39, 0.29) is 5.75 Å². The fourth-order valence-electron chi connectivity index (χ4n) is 3.48. The molecule has 0 N–H and O–H groups in total. The Morgan fingerprint density at radius 3 is 1.70 bits per heavy atom. The molecule has 0 bridgehead atoms. The molecule has 2 aromatic heterocycles. The second kappa shape index (κ2) is 12.6. The van der Waals surface area contributed by atoms with Crippen molar-refractivity contribution in [3.8, 4) is 17.2 Å². The number of fused-ring (bicyclic) bond motifs is 2. The fourth-order valence-corrected chi connectivity index (χ4v) is 3.94. The molecule has 0 radical (unpaired) electrons. The topological polar surface area (TPSA) is 95.4 Å². The predicted molar refractivity (Wildman–Crippen MR) is 145 cm³/mol. The van der Waals surface area contributed by atoms with Crippen LogP contribution >= 0.6 is 0 Å². The quantitative estimate of drug-likeness (QED) is 0.145. The van der Waals surface area contributed by atoms with Crippen molar-refractivity contribution in [1.29, 1.82) is 0 Å². The van der Waals surface area contributed by atoms with E-state index >= 15 is 0 Å². The molecule has 43 heavy (non-hydrogen) atoms. The summed E-state index contributed by atoms with van der Waals surface area (Å²) in [6, 6.07) is 23.0. The SMILES string of the molecule is CS(=O)(=O)Oc1ccc(C(F)(F)F)cc1.FC(F)(F)c1ccc(-c2nc3ccccc3o2)cc1.c1ccc2ocnc2c1. The molecular formula is C29H20F6N2O5S. The Bertz CT molecular complexity index is 1830. The minimum absolute atomic E-state index is 0.148. The molecule has 0 aliphatic heterocycles. The van der Waals surface area contributed by atoms with E-state index in [0.717, 1.165) is 53.8 Å². The minimum Gasteiger partial charge on any atom is -0.443 e. The summed E-state index contributed by atoms with van der Waals surface area (Å²) >= 11 is 0. The third-order valence-electron chi connectivity index (χ3n) is 5.42. The summed E-state index contributed by atoms with van der Waals surface area (Å²) in [6.07, 6.45) is -6.52. The molecular weight excluding hydrogens is 602 g/mol. The number of nitrogens with zero attached hydrogens (tertiary/aromatic N) is 2. The highest BCUT2D eigenvalue weighted by Gasteiger charge is 2.31. The van der Waals surface area contributed by atoms with Crippen molar-refractivity contribution in [2.75, 3.05) is 6.26 Å². The van der Waals surface area contributed by atoms with Crippen LogP contribution < -0.4 is 4.18 Å². The number of hydrogen-bond donors (Lipinski definition) is 0. The maximum atomic E-state index is 12.5. The maximum Gasteiger partial charge on any atom is 0.416 e. The van der Waals surface area contributed by atoms with E-state index in [1.165, 1.54) is 18.5 Å². The molecule has 0 aliphatic rings. The third-order valence-corrected chi connectivity index (χ3v) is 5.91. The largest absolute Gasteiger partial charge is 0.443 e. The van der Waals surface area contributed by atoms with Gasteiger partial charge in [-0.25, -0.2) is 9.97 Å². The van der Waals surface area contributed by atoms with Gasteiger partial charge in [-0.1, -0.05) is 24.3 Å². The molecule has 4 aromatic carbocycles. The molecule has 0 saturated carbocycles. The van der Waals surface area contributed by atoms with Gasteiger partial charge in [-0.15, -0.1) is 0 Å². The Kier molecular flexibility index (Phi) is 9.09. The zero-order valence-corrected chi connectivity index (χ0v) is 22.7. The van der Waals surface area contributed by atoms with Crippen molar-refractivity contribution in [3.05, 3.63) is 115 Å². The Labute approximate surface area is 240 Å². The molecule has 6 rings (SSSR count). The number of oxazole rings is 2. The van der Waals surface area contributed by atoms with Gasteiger partial charge in [-0.3, -0.25) is 0 Å². The van der Waals surface area contributed by atoms with Crippen LogP contribution in [0.2, 0.25) is 0 Å². The van der Waals surface area contributed by atoms with Gasteiger partial charge in [-0.2, -0.15) is 34.8 Å². The van der Waals surface area contributed by atoms with Crippen LogP contribution in [0.3, 0.4) is 0 Å². The molecule has 0 unspecified atom stereocenters. The number of halogens is 6. The zero-order valence-electron chi connectivity index (χ0n) is 21.9. The highest BCUT2D eigenvalue weighted by atomic mass is 32.2. The molecule has 224 valence electrons. The minimum atomic E-state index is -4.44. The summed E-state index contributed by atoms with van der Waals surface area (Å²) in [4.78, 5) is 8.18. The predicted octanol–water partition coefficient (Wildman–Crippen LogP) is 8.39. The van der Waals surface area contributed by atoms with Crippen LogP contribution in [0.15, 0.2) is 112 Å². The first kappa shape index (κ1) is 31.1. The highest BCUT2D eigenvalue weighted by Crippen LogP contribution is 2.32. The number of para-hydroxylation sites is 4. The van der Waals surface area contributed by atoms with E-state index in [1.54, 1.807) is 12.1 Å². The summed E-state index contributed by atoms with van der Waals surface area (Å²) < 4.78 is 110. The summed E-state index contributed by atoms with van der Waals surface area (Å²) in [5.74, 6) is 0.167. The maximum absolute atomic E-state index is 12.5. The average Bonchev–Trinajstić information content (AvgIpc) is 3.60. The lowest BCUT2D eigenvalue weighted by atomic mass is 10.1. The van der Waals surface area contributed by atoms with Gasteiger partial charge in [0.2, 0.25) is 5.89 Å². The van der Waals surface area contributed by atoms with Crippen molar-refractivity contribution in [3.63, 3.8) is 0 Å². The molecule has 14 heteroatoms. The van der Waals surface area contributed by atoms with Gasteiger partial charge >= 0.3 is 22.5 Å². The molecule has 0 aliphatic carbocycles. The molecule has 7 nitrogen and oxygen atoms in total.